The van der Waals surface area contributed by atoms with Crippen molar-refractivity contribution < 1.29 is 4.39 Å². The fourth-order valence-corrected chi connectivity index (χ4v) is 5.50. The van der Waals surface area contributed by atoms with Crippen LogP contribution < -0.4 is 5.56 Å². The van der Waals surface area contributed by atoms with Crippen LogP contribution in [0.4, 0.5) is 4.39 Å². The van der Waals surface area contributed by atoms with Gasteiger partial charge in [0.15, 0.2) is 5.82 Å². The molecular formula is C28H33FN6O. The summed E-state index contributed by atoms with van der Waals surface area (Å²) in [6, 6.07) is 13.0. The summed E-state index contributed by atoms with van der Waals surface area (Å²) in [5, 5.41) is 13.7. The molecule has 5 rings (SSSR count). The molecule has 2 heterocycles. The number of halogens is 1. The van der Waals surface area contributed by atoms with Crippen molar-refractivity contribution >= 4 is 10.9 Å². The van der Waals surface area contributed by atoms with Gasteiger partial charge in [-0.3, -0.25) is 9.69 Å². The van der Waals surface area contributed by atoms with Crippen LogP contribution in [0, 0.1) is 19.7 Å². The second-order valence-corrected chi connectivity index (χ2v) is 9.95. The summed E-state index contributed by atoms with van der Waals surface area (Å²) in [4.78, 5) is 18.8. The number of fused-ring (bicyclic) bond motifs is 1. The van der Waals surface area contributed by atoms with Gasteiger partial charge in [-0.25, -0.2) is 9.07 Å². The highest BCUT2D eigenvalue weighted by atomic mass is 19.1. The quantitative estimate of drug-likeness (QED) is 0.368. The molecule has 7 nitrogen and oxygen atoms in total. The van der Waals surface area contributed by atoms with Crippen LogP contribution in [0.25, 0.3) is 10.9 Å². The third kappa shape index (κ3) is 4.82. The molecule has 1 aliphatic carbocycles. The number of benzene rings is 2. The highest BCUT2D eigenvalue weighted by molar-refractivity contribution is 5.83. The van der Waals surface area contributed by atoms with Crippen molar-refractivity contribution in [3.63, 3.8) is 0 Å². The van der Waals surface area contributed by atoms with Crippen LogP contribution in [0.3, 0.4) is 0 Å². The Morgan fingerprint density at radius 1 is 1.14 bits per heavy atom. The van der Waals surface area contributed by atoms with Gasteiger partial charge in [0.1, 0.15) is 5.82 Å². The minimum atomic E-state index is -0.263. The monoisotopic (exact) mass is 488 g/mol. The standard InChI is InChI=1S/C28H33FN6O/c1-4-25(27-31-32-33-35(27)16-20-10-13-23(29)14-11-20)34(24-7-5-6-8-24)17-22-15-21-12-9-18(2)19(3)26(21)30-28(22)36/h9-15,24-25H,4-8,16-17H2,1-3H3,(H,30,36). The predicted molar refractivity (Wildman–Crippen MR) is 138 cm³/mol. The Hall–Kier alpha value is -3.39. The summed E-state index contributed by atoms with van der Waals surface area (Å²) < 4.78 is 15.2. The van der Waals surface area contributed by atoms with E-state index in [0.29, 0.717) is 19.1 Å². The number of aromatic nitrogens is 5. The molecule has 0 radical (unpaired) electrons. The number of nitrogens with one attached hydrogen (secondary N) is 1. The van der Waals surface area contributed by atoms with Crippen molar-refractivity contribution in [2.45, 2.75) is 78.0 Å². The lowest BCUT2D eigenvalue weighted by Crippen LogP contribution is -2.39. The van der Waals surface area contributed by atoms with E-state index in [1.165, 1.54) is 25.0 Å². The van der Waals surface area contributed by atoms with Crippen LogP contribution in [0.5, 0.6) is 0 Å². The van der Waals surface area contributed by atoms with Gasteiger partial charge in [-0.1, -0.05) is 44.0 Å². The molecule has 188 valence electrons. The van der Waals surface area contributed by atoms with Gasteiger partial charge in [0, 0.05) is 18.2 Å². The van der Waals surface area contributed by atoms with Gasteiger partial charge in [-0.2, -0.15) is 0 Å². The van der Waals surface area contributed by atoms with Gasteiger partial charge < -0.3 is 4.98 Å². The Labute approximate surface area is 210 Å². The lowest BCUT2D eigenvalue weighted by atomic mass is 10.0. The first kappa shape index (κ1) is 24.3. The molecule has 0 aliphatic heterocycles. The van der Waals surface area contributed by atoms with Gasteiger partial charge in [-0.05, 0) is 83.8 Å². The van der Waals surface area contributed by atoms with E-state index < -0.39 is 0 Å². The molecule has 1 N–H and O–H groups in total. The summed E-state index contributed by atoms with van der Waals surface area (Å²) in [6.07, 6.45) is 5.37. The summed E-state index contributed by atoms with van der Waals surface area (Å²) in [7, 11) is 0. The number of nitrogens with zero attached hydrogens (tertiary/aromatic N) is 5. The first-order chi connectivity index (χ1) is 17.4. The highest BCUT2D eigenvalue weighted by Gasteiger charge is 2.32. The lowest BCUT2D eigenvalue weighted by molar-refractivity contribution is 0.112. The molecule has 0 spiro atoms. The number of aryl methyl sites for hydroxylation is 2. The Balaban J connectivity index is 1.50. The van der Waals surface area contributed by atoms with E-state index in [0.717, 1.165) is 58.2 Å². The molecule has 2 aromatic carbocycles. The Morgan fingerprint density at radius 3 is 2.61 bits per heavy atom. The second kappa shape index (κ2) is 10.3. The molecular weight excluding hydrogens is 455 g/mol. The smallest absolute Gasteiger partial charge is 0.252 e. The van der Waals surface area contributed by atoms with Crippen LogP contribution >= 0.6 is 0 Å². The molecule has 1 saturated carbocycles. The number of pyridine rings is 1. The third-order valence-electron chi connectivity index (χ3n) is 7.66. The van der Waals surface area contributed by atoms with Crippen LogP contribution in [-0.4, -0.2) is 36.1 Å². The van der Waals surface area contributed by atoms with E-state index >= 15 is 0 Å². The maximum Gasteiger partial charge on any atom is 0.252 e. The molecule has 1 aliphatic rings. The predicted octanol–water partition coefficient (Wildman–Crippen LogP) is 5.21. The zero-order chi connectivity index (χ0) is 25.2. The largest absolute Gasteiger partial charge is 0.321 e. The number of rotatable bonds is 8. The molecule has 8 heteroatoms. The Bertz CT molecular complexity index is 1400. The van der Waals surface area contributed by atoms with Crippen molar-refractivity contribution in [1.82, 2.24) is 30.1 Å². The van der Waals surface area contributed by atoms with E-state index in [1.54, 1.807) is 16.8 Å². The minimum Gasteiger partial charge on any atom is -0.321 e. The van der Waals surface area contributed by atoms with Crippen LogP contribution in [0.15, 0.2) is 47.3 Å². The van der Waals surface area contributed by atoms with Gasteiger partial charge >= 0.3 is 0 Å². The highest BCUT2D eigenvalue weighted by Crippen LogP contribution is 2.34. The van der Waals surface area contributed by atoms with Gasteiger partial charge in [0.05, 0.1) is 18.1 Å². The molecule has 1 fully saturated rings. The van der Waals surface area contributed by atoms with E-state index in [-0.39, 0.29) is 17.4 Å². The van der Waals surface area contributed by atoms with E-state index in [4.69, 9.17) is 0 Å². The van der Waals surface area contributed by atoms with Crippen molar-refractivity contribution in [2.75, 3.05) is 0 Å². The maximum absolute atomic E-state index is 13.4. The average Bonchev–Trinajstić information content (AvgIpc) is 3.57. The fourth-order valence-electron chi connectivity index (χ4n) is 5.50. The van der Waals surface area contributed by atoms with Crippen molar-refractivity contribution in [1.29, 1.82) is 0 Å². The normalized spacial score (nSPS) is 15.2. The van der Waals surface area contributed by atoms with Crippen LogP contribution in [-0.2, 0) is 13.1 Å². The maximum atomic E-state index is 13.4. The van der Waals surface area contributed by atoms with Gasteiger partial charge in [0.25, 0.3) is 5.56 Å². The zero-order valence-electron chi connectivity index (χ0n) is 21.2. The number of tetrazole rings is 1. The van der Waals surface area contributed by atoms with Crippen molar-refractivity contribution in [2.24, 2.45) is 0 Å². The fraction of sp³-hybridized carbons (Fsp3) is 0.429. The summed E-state index contributed by atoms with van der Waals surface area (Å²) in [5.74, 6) is 0.512. The second-order valence-electron chi connectivity index (χ2n) is 9.95. The van der Waals surface area contributed by atoms with Gasteiger partial charge in [0.2, 0.25) is 0 Å². The molecule has 4 aromatic rings. The van der Waals surface area contributed by atoms with Crippen molar-refractivity contribution in [3.8, 4) is 0 Å². The molecule has 1 unspecified atom stereocenters. The summed E-state index contributed by atoms with van der Waals surface area (Å²) in [5.41, 5.74) is 4.83. The van der Waals surface area contributed by atoms with Gasteiger partial charge in [-0.15, -0.1) is 5.10 Å². The van der Waals surface area contributed by atoms with Crippen LogP contribution in [0.1, 0.15) is 73.1 Å². The van der Waals surface area contributed by atoms with E-state index in [9.17, 15) is 9.18 Å². The number of H-pyrrole nitrogens is 1. The first-order valence-corrected chi connectivity index (χ1v) is 12.8. The molecule has 2 aromatic heterocycles. The van der Waals surface area contributed by atoms with Crippen molar-refractivity contribution in [3.05, 3.63) is 86.7 Å². The summed E-state index contributed by atoms with van der Waals surface area (Å²) >= 11 is 0. The lowest BCUT2D eigenvalue weighted by Gasteiger charge is -2.35. The third-order valence-corrected chi connectivity index (χ3v) is 7.66. The molecule has 0 bridgehead atoms. The van der Waals surface area contributed by atoms with E-state index in [2.05, 4.69) is 51.4 Å². The number of hydrogen-bond donors (Lipinski definition) is 1. The number of aromatic amines is 1. The molecule has 1 atom stereocenters. The molecule has 0 amide bonds. The zero-order valence-corrected chi connectivity index (χ0v) is 21.2. The average molecular weight is 489 g/mol. The molecule has 36 heavy (non-hydrogen) atoms. The Kier molecular flexibility index (Phi) is 6.96. The first-order valence-electron chi connectivity index (χ1n) is 12.8. The number of hydrogen-bond acceptors (Lipinski definition) is 5. The Morgan fingerprint density at radius 2 is 1.89 bits per heavy atom. The van der Waals surface area contributed by atoms with Crippen LogP contribution in [0.2, 0.25) is 0 Å². The van der Waals surface area contributed by atoms with E-state index in [1.807, 2.05) is 13.0 Å². The summed E-state index contributed by atoms with van der Waals surface area (Å²) in [6.45, 7) is 7.24. The topological polar surface area (TPSA) is 79.7 Å². The molecule has 0 saturated heterocycles. The minimum absolute atomic E-state index is 0.0417. The SMILES string of the molecule is CCC(c1nnnn1Cc1ccc(F)cc1)N(Cc1cc2ccc(C)c(C)c2[nH]c1=O)C1CCCC1.